The molecule has 1 amide bonds. The third kappa shape index (κ3) is 8.04. The van der Waals surface area contributed by atoms with Crippen molar-refractivity contribution in [3.8, 4) is 0 Å². The number of hydrogen-bond acceptors (Lipinski definition) is 5. The fraction of sp³-hybridized carbons (Fsp3) is 0.923. The number of carbonyl (C=O) groups excluding carboxylic acids is 1. The minimum Gasteiger partial charge on any atom is -0.388 e. The maximum atomic E-state index is 12.2. The van der Waals surface area contributed by atoms with Crippen LogP contribution in [0.2, 0.25) is 0 Å². The average molecular weight is 341 g/mol. The van der Waals surface area contributed by atoms with Crippen LogP contribution in [-0.4, -0.2) is 55.4 Å². The van der Waals surface area contributed by atoms with Crippen molar-refractivity contribution in [3.05, 3.63) is 0 Å². The van der Waals surface area contributed by atoms with Crippen LogP contribution in [0.4, 0.5) is 0 Å². The first-order chi connectivity index (χ1) is 9.73. The summed E-state index contributed by atoms with van der Waals surface area (Å²) in [5, 5.41) is 12.8. The van der Waals surface area contributed by atoms with Crippen LogP contribution < -0.4 is 10.0 Å². The minimum atomic E-state index is -3.44. The summed E-state index contributed by atoms with van der Waals surface area (Å²) < 4.78 is 25.7. The van der Waals surface area contributed by atoms with Gasteiger partial charge in [-0.2, -0.15) is 11.8 Å². The molecule has 8 heteroatoms. The van der Waals surface area contributed by atoms with E-state index in [4.69, 9.17) is 0 Å². The molecule has 0 heterocycles. The fourth-order valence-corrected chi connectivity index (χ4v) is 2.95. The monoisotopic (exact) mass is 340 g/mol. The number of rotatable bonds is 11. The van der Waals surface area contributed by atoms with E-state index in [1.165, 1.54) is 6.92 Å². The van der Waals surface area contributed by atoms with Gasteiger partial charge in [0.25, 0.3) is 0 Å². The molecule has 0 spiro atoms. The summed E-state index contributed by atoms with van der Waals surface area (Å²) in [6.07, 6.45) is 3.37. The molecular weight excluding hydrogens is 312 g/mol. The maximum absolute atomic E-state index is 12.2. The Morgan fingerprint density at radius 1 is 1.29 bits per heavy atom. The first-order valence-corrected chi connectivity index (χ1v) is 10.3. The Hall–Kier alpha value is -0.310. The van der Waals surface area contributed by atoms with E-state index in [9.17, 15) is 18.3 Å². The van der Waals surface area contributed by atoms with Gasteiger partial charge in [-0.25, -0.2) is 13.1 Å². The van der Waals surface area contributed by atoms with E-state index in [2.05, 4.69) is 10.0 Å². The van der Waals surface area contributed by atoms with Crippen molar-refractivity contribution >= 4 is 27.7 Å². The molecule has 0 fully saturated rings. The predicted octanol–water partition coefficient (Wildman–Crippen LogP) is 0.715. The second kappa shape index (κ2) is 9.66. The van der Waals surface area contributed by atoms with Crippen LogP contribution >= 0.6 is 11.8 Å². The number of sulfonamides is 1. The molecule has 0 saturated heterocycles. The highest BCUT2D eigenvalue weighted by Crippen LogP contribution is 2.13. The van der Waals surface area contributed by atoms with Crippen molar-refractivity contribution in [1.29, 1.82) is 0 Å². The van der Waals surface area contributed by atoms with Gasteiger partial charge in [0.15, 0.2) is 0 Å². The van der Waals surface area contributed by atoms with Crippen LogP contribution in [0.25, 0.3) is 0 Å². The lowest BCUT2D eigenvalue weighted by Crippen LogP contribution is -2.51. The summed E-state index contributed by atoms with van der Waals surface area (Å²) in [6, 6.07) is -0.791. The van der Waals surface area contributed by atoms with Crippen molar-refractivity contribution in [1.82, 2.24) is 10.0 Å². The molecule has 0 bridgehead atoms. The lowest BCUT2D eigenvalue weighted by atomic mass is 9.97. The van der Waals surface area contributed by atoms with Crippen molar-refractivity contribution in [3.63, 3.8) is 0 Å². The molecule has 0 aromatic rings. The second-order valence-electron chi connectivity index (χ2n) is 5.00. The number of carbonyl (C=O) groups is 1. The molecule has 0 aliphatic carbocycles. The molecule has 0 aliphatic rings. The van der Waals surface area contributed by atoms with Crippen molar-refractivity contribution in [2.75, 3.05) is 24.3 Å². The first-order valence-electron chi connectivity index (χ1n) is 7.22. The zero-order chi connectivity index (χ0) is 16.5. The van der Waals surface area contributed by atoms with Crippen molar-refractivity contribution < 1.29 is 18.3 Å². The number of nitrogens with one attached hydrogen (secondary N) is 2. The molecule has 0 saturated carbocycles. The van der Waals surface area contributed by atoms with E-state index < -0.39 is 21.7 Å². The molecule has 0 radical (unpaired) electrons. The Bertz CT molecular complexity index is 408. The van der Waals surface area contributed by atoms with Crippen LogP contribution in [-0.2, 0) is 14.8 Å². The van der Waals surface area contributed by atoms with E-state index >= 15 is 0 Å². The van der Waals surface area contributed by atoms with Crippen molar-refractivity contribution in [2.45, 2.75) is 51.7 Å². The number of thioether (sulfide) groups is 1. The minimum absolute atomic E-state index is 0.0656. The van der Waals surface area contributed by atoms with E-state index in [0.29, 0.717) is 25.0 Å². The predicted molar refractivity (Wildman–Crippen MR) is 87.9 cm³/mol. The molecule has 3 N–H and O–H groups in total. The van der Waals surface area contributed by atoms with Crippen LogP contribution in [0.1, 0.15) is 40.0 Å². The van der Waals surface area contributed by atoms with Gasteiger partial charge in [-0.1, -0.05) is 13.8 Å². The third-order valence-corrected chi connectivity index (χ3v) is 5.58. The molecule has 126 valence electrons. The maximum Gasteiger partial charge on any atom is 0.238 e. The number of amides is 1. The summed E-state index contributed by atoms with van der Waals surface area (Å²) in [5.41, 5.74) is -0.941. The van der Waals surface area contributed by atoms with E-state index in [0.717, 1.165) is 0 Å². The Balaban J connectivity index is 4.72. The highest BCUT2D eigenvalue weighted by atomic mass is 32.2. The van der Waals surface area contributed by atoms with E-state index in [1.807, 2.05) is 20.1 Å². The fourth-order valence-electron chi connectivity index (χ4n) is 1.65. The van der Waals surface area contributed by atoms with Gasteiger partial charge in [-0.15, -0.1) is 0 Å². The Morgan fingerprint density at radius 3 is 2.29 bits per heavy atom. The molecule has 21 heavy (non-hydrogen) atoms. The molecule has 0 rings (SSSR count). The number of hydrogen-bond donors (Lipinski definition) is 3. The lowest BCUT2D eigenvalue weighted by molar-refractivity contribution is -0.124. The Morgan fingerprint density at radius 2 is 1.86 bits per heavy atom. The van der Waals surface area contributed by atoms with E-state index in [-0.39, 0.29) is 18.2 Å². The highest BCUT2D eigenvalue weighted by molar-refractivity contribution is 7.98. The quantitative estimate of drug-likeness (QED) is 0.515. The summed E-state index contributed by atoms with van der Waals surface area (Å²) in [7, 11) is -3.44. The summed E-state index contributed by atoms with van der Waals surface area (Å²) >= 11 is 1.55. The smallest absolute Gasteiger partial charge is 0.238 e. The largest absolute Gasteiger partial charge is 0.388 e. The van der Waals surface area contributed by atoms with Gasteiger partial charge in [0, 0.05) is 6.54 Å². The average Bonchev–Trinajstić information content (AvgIpc) is 2.48. The van der Waals surface area contributed by atoms with Gasteiger partial charge in [0.2, 0.25) is 15.9 Å². The van der Waals surface area contributed by atoms with Gasteiger partial charge >= 0.3 is 0 Å². The van der Waals surface area contributed by atoms with Crippen molar-refractivity contribution in [2.24, 2.45) is 0 Å². The SMILES string of the molecule is CCC(O)(CC)CNC(=O)C(CCSC)NS(=O)(=O)CC. The normalized spacial score (nSPS) is 14.0. The van der Waals surface area contributed by atoms with Crippen LogP contribution in [0.5, 0.6) is 0 Å². The van der Waals surface area contributed by atoms with Gasteiger partial charge in [0.05, 0.1) is 11.4 Å². The van der Waals surface area contributed by atoms with Gasteiger partial charge in [-0.3, -0.25) is 4.79 Å². The van der Waals surface area contributed by atoms with E-state index in [1.54, 1.807) is 11.8 Å². The lowest BCUT2D eigenvalue weighted by Gasteiger charge is -2.27. The van der Waals surface area contributed by atoms with Crippen LogP contribution in [0.3, 0.4) is 0 Å². The van der Waals surface area contributed by atoms with Gasteiger partial charge < -0.3 is 10.4 Å². The Kier molecular flexibility index (Phi) is 9.51. The molecule has 0 aliphatic heterocycles. The summed E-state index contributed by atoms with van der Waals surface area (Å²) in [5.74, 6) is 0.224. The number of aliphatic hydroxyl groups is 1. The molecule has 0 aromatic carbocycles. The van der Waals surface area contributed by atoms with Gasteiger partial charge in [0.1, 0.15) is 6.04 Å². The first kappa shape index (κ1) is 20.7. The van der Waals surface area contributed by atoms with Crippen LogP contribution in [0.15, 0.2) is 0 Å². The highest BCUT2D eigenvalue weighted by Gasteiger charge is 2.27. The second-order valence-corrected chi connectivity index (χ2v) is 8.03. The molecule has 6 nitrogen and oxygen atoms in total. The van der Waals surface area contributed by atoms with Gasteiger partial charge in [-0.05, 0) is 38.2 Å². The summed E-state index contributed by atoms with van der Waals surface area (Å²) in [6.45, 7) is 5.35. The van der Waals surface area contributed by atoms with Crippen LogP contribution in [0, 0.1) is 0 Å². The topological polar surface area (TPSA) is 95.5 Å². The molecule has 0 aromatic heterocycles. The molecular formula is C13H28N2O4S2. The molecule has 1 unspecified atom stereocenters. The zero-order valence-electron chi connectivity index (χ0n) is 13.3. The zero-order valence-corrected chi connectivity index (χ0v) is 14.9. The standard InChI is InChI=1S/C13H28N2O4S2/c1-5-13(17,6-2)10-14-12(16)11(8-9-20-4)15-21(18,19)7-3/h11,15,17H,5-10H2,1-4H3,(H,14,16). The third-order valence-electron chi connectivity index (χ3n) is 3.54. The Labute approximate surface area is 132 Å². The molecule has 1 atom stereocenters. The summed E-state index contributed by atoms with van der Waals surface area (Å²) in [4.78, 5) is 12.2.